The number of anilines is 1. The van der Waals surface area contributed by atoms with Gasteiger partial charge in [0.05, 0.1) is 5.54 Å². The normalized spacial score (nSPS) is 34.6. The second-order valence-electron chi connectivity index (χ2n) is 6.94. The van der Waals surface area contributed by atoms with Crippen LogP contribution in [-0.2, 0) is 18.0 Å². The van der Waals surface area contributed by atoms with E-state index in [1.165, 1.54) is 17.8 Å². The molecular weight excluding hydrogens is 244 g/mol. The van der Waals surface area contributed by atoms with Crippen molar-refractivity contribution >= 4 is 5.82 Å². The lowest BCUT2D eigenvalue weighted by atomic mass is 9.78. The van der Waals surface area contributed by atoms with Crippen LogP contribution in [0.3, 0.4) is 0 Å². The van der Waals surface area contributed by atoms with Crippen LogP contribution < -0.4 is 4.90 Å². The number of rotatable bonds is 1. The summed E-state index contributed by atoms with van der Waals surface area (Å²) in [6, 6.07) is 13.9. The van der Waals surface area contributed by atoms with Crippen molar-refractivity contribution in [2.24, 2.45) is 7.05 Å². The Morgan fingerprint density at radius 2 is 1.75 bits per heavy atom. The summed E-state index contributed by atoms with van der Waals surface area (Å²) in [5.74, 6) is 1.33. The smallest absolute Gasteiger partial charge is 0.109 e. The highest BCUT2D eigenvalue weighted by atomic mass is 15.3. The first kappa shape index (κ1) is 12.1. The third-order valence-electron chi connectivity index (χ3n) is 5.84. The SMILES string of the molecule is C[C@@H]1N(c2cccn2C)C2(C)CC1(C)c1ccccc12. The minimum atomic E-state index is 0.122. The van der Waals surface area contributed by atoms with E-state index in [4.69, 9.17) is 0 Å². The summed E-state index contributed by atoms with van der Waals surface area (Å²) in [4.78, 5) is 2.63. The topological polar surface area (TPSA) is 8.17 Å². The Bertz CT molecular complexity index is 686. The van der Waals surface area contributed by atoms with Gasteiger partial charge in [0.25, 0.3) is 0 Å². The number of fused-ring (bicyclic) bond motifs is 5. The molecule has 1 aromatic heterocycles. The molecule has 0 N–H and O–H groups in total. The predicted octanol–water partition coefficient (Wildman–Crippen LogP) is 3.81. The van der Waals surface area contributed by atoms with Gasteiger partial charge in [0.2, 0.25) is 0 Å². The Kier molecular flexibility index (Phi) is 2.11. The molecule has 2 unspecified atom stereocenters. The molecule has 2 bridgehead atoms. The van der Waals surface area contributed by atoms with Crippen molar-refractivity contribution in [1.82, 2.24) is 4.57 Å². The van der Waals surface area contributed by atoms with E-state index in [2.05, 4.69) is 79.9 Å². The van der Waals surface area contributed by atoms with E-state index in [1.54, 1.807) is 5.56 Å². The molecule has 1 aliphatic carbocycles. The molecule has 104 valence electrons. The van der Waals surface area contributed by atoms with Crippen molar-refractivity contribution < 1.29 is 0 Å². The summed E-state index contributed by atoms with van der Waals surface area (Å²) in [6.45, 7) is 7.23. The van der Waals surface area contributed by atoms with Gasteiger partial charge in [0.15, 0.2) is 0 Å². The zero-order valence-electron chi connectivity index (χ0n) is 12.7. The summed E-state index contributed by atoms with van der Waals surface area (Å²) in [7, 11) is 2.14. The van der Waals surface area contributed by atoms with E-state index in [-0.39, 0.29) is 11.0 Å². The van der Waals surface area contributed by atoms with Gasteiger partial charge in [-0.3, -0.25) is 0 Å². The van der Waals surface area contributed by atoms with Crippen LogP contribution >= 0.6 is 0 Å². The van der Waals surface area contributed by atoms with Crippen LogP contribution in [0.5, 0.6) is 0 Å². The van der Waals surface area contributed by atoms with Gasteiger partial charge in [-0.05, 0) is 43.5 Å². The third-order valence-corrected chi connectivity index (χ3v) is 5.84. The molecule has 2 aliphatic rings. The molecule has 4 rings (SSSR count). The van der Waals surface area contributed by atoms with Crippen molar-refractivity contribution in [2.75, 3.05) is 4.90 Å². The first-order chi connectivity index (χ1) is 9.48. The van der Waals surface area contributed by atoms with E-state index < -0.39 is 0 Å². The van der Waals surface area contributed by atoms with E-state index in [1.807, 2.05) is 0 Å². The minimum Gasteiger partial charge on any atom is -0.345 e. The molecule has 0 saturated carbocycles. The fraction of sp³-hybridized carbons (Fsp3) is 0.444. The van der Waals surface area contributed by atoms with Crippen LogP contribution in [0.4, 0.5) is 5.82 Å². The van der Waals surface area contributed by atoms with Crippen molar-refractivity contribution in [3.05, 3.63) is 53.7 Å². The molecule has 2 heteroatoms. The summed E-state index contributed by atoms with van der Waals surface area (Å²) in [5.41, 5.74) is 3.45. The molecule has 0 radical (unpaired) electrons. The maximum Gasteiger partial charge on any atom is 0.109 e. The van der Waals surface area contributed by atoms with Crippen molar-refractivity contribution in [3.8, 4) is 0 Å². The fourth-order valence-electron chi connectivity index (χ4n) is 4.81. The highest BCUT2D eigenvalue weighted by molar-refractivity contribution is 5.61. The lowest BCUT2D eigenvalue weighted by molar-refractivity contribution is 0.447. The maximum absolute atomic E-state index is 2.63. The Balaban J connectivity index is 1.97. The van der Waals surface area contributed by atoms with Gasteiger partial charge in [-0.15, -0.1) is 0 Å². The molecule has 3 atom stereocenters. The van der Waals surface area contributed by atoms with Gasteiger partial charge in [-0.1, -0.05) is 31.2 Å². The van der Waals surface area contributed by atoms with Crippen LogP contribution in [0.1, 0.15) is 38.3 Å². The van der Waals surface area contributed by atoms with Crippen molar-refractivity contribution in [3.63, 3.8) is 0 Å². The fourth-order valence-corrected chi connectivity index (χ4v) is 4.81. The second-order valence-corrected chi connectivity index (χ2v) is 6.94. The van der Waals surface area contributed by atoms with Crippen LogP contribution in [0.2, 0.25) is 0 Å². The Labute approximate surface area is 121 Å². The maximum atomic E-state index is 2.63. The Morgan fingerprint density at radius 3 is 2.40 bits per heavy atom. The summed E-state index contributed by atoms with van der Waals surface area (Å²) in [6.07, 6.45) is 3.36. The highest BCUT2D eigenvalue weighted by Gasteiger charge is 2.61. The van der Waals surface area contributed by atoms with E-state index in [9.17, 15) is 0 Å². The molecular formula is C18H22N2. The third kappa shape index (κ3) is 1.16. The minimum absolute atomic E-state index is 0.122. The Hall–Kier alpha value is -1.70. The molecule has 2 nitrogen and oxygen atoms in total. The zero-order chi connectivity index (χ0) is 14.1. The average molecular weight is 266 g/mol. The summed E-state index contributed by atoms with van der Waals surface area (Å²) in [5, 5.41) is 0. The van der Waals surface area contributed by atoms with Gasteiger partial charge in [-0.25, -0.2) is 0 Å². The highest BCUT2D eigenvalue weighted by Crippen LogP contribution is 2.61. The number of hydrogen-bond acceptors (Lipinski definition) is 1. The molecule has 0 amide bonds. The molecule has 1 fully saturated rings. The average Bonchev–Trinajstić information content (AvgIpc) is 2.99. The number of benzene rings is 1. The first-order valence-electron chi connectivity index (χ1n) is 7.49. The quantitative estimate of drug-likeness (QED) is 0.762. The van der Waals surface area contributed by atoms with Gasteiger partial charge < -0.3 is 9.47 Å². The molecule has 1 saturated heterocycles. The molecule has 2 aromatic rings. The zero-order valence-corrected chi connectivity index (χ0v) is 12.7. The summed E-state index contributed by atoms with van der Waals surface area (Å²) < 4.78 is 2.24. The first-order valence-corrected chi connectivity index (χ1v) is 7.49. The lowest BCUT2D eigenvalue weighted by Gasteiger charge is -2.45. The number of aryl methyl sites for hydroxylation is 1. The van der Waals surface area contributed by atoms with E-state index in [0.717, 1.165) is 0 Å². The standard InChI is InChI=1S/C18H22N2/c1-13-17(2)12-18(3,15-9-6-5-8-14(15)17)20(13)16-10-7-11-19(16)4/h5-11,13H,12H2,1-4H3/t13-,17?,18?/m0/s1. The van der Waals surface area contributed by atoms with Gasteiger partial charge >= 0.3 is 0 Å². The molecule has 2 heterocycles. The van der Waals surface area contributed by atoms with Crippen molar-refractivity contribution in [1.29, 1.82) is 0 Å². The number of aromatic nitrogens is 1. The molecule has 1 aromatic carbocycles. The predicted molar refractivity (Wildman–Crippen MR) is 83.1 cm³/mol. The monoisotopic (exact) mass is 266 g/mol. The van der Waals surface area contributed by atoms with E-state index >= 15 is 0 Å². The van der Waals surface area contributed by atoms with E-state index in [0.29, 0.717) is 6.04 Å². The van der Waals surface area contributed by atoms with Gasteiger partial charge in [-0.2, -0.15) is 0 Å². The van der Waals surface area contributed by atoms with Crippen LogP contribution in [-0.4, -0.2) is 10.6 Å². The van der Waals surface area contributed by atoms with Crippen molar-refractivity contribution in [2.45, 2.75) is 44.2 Å². The van der Waals surface area contributed by atoms with Gasteiger partial charge in [0.1, 0.15) is 5.82 Å². The van der Waals surface area contributed by atoms with Crippen LogP contribution in [0.25, 0.3) is 0 Å². The molecule has 1 aliphatic heterocycles. The molecule has 0 spiro atoms. The number of hydrogen-bond donors (Lipinski definition) is 0. The van der Waals surface area contributed by atoms with Crippen LogP contribution in [0, 0.1) is 0 Å². The van der Waals surface area contributed by atoms with Crippen LogP contribution in [0.15, 0.2) is 42.6 Å². The second kappa shape index (κ2) is 3.49. The largest absolute Gasteiger partial charge is 0.345 e. The Morgan fingerprint density at radius 1 is 1.05 bits per heavy atom. The summed E-state index contributed by atoms with van der Waals surface area (Å²) >= 11 is 0. The number of nitrogens with zero attached hydrogens (tertiary/aromatic N) is 2. The lowest BCUT2D eigenvalue weighted by Crippen LogP contribution is -2.49. The molecule has 20 heavy (non-hydrogen) atoms. The van der Waals surface area contributed by atoms with Gasteiger partial charge in [0, 0.05) is 24.7 Å².